The third kappa shape index (κ3) is 8.71. The molecule has 3 unspecified atom stereocenters. The van der Waals surface area contributed by atoms with Gasteiger partial charge in [0.25, 0.3) is 5.91 Å². The van der Waals surface area contributed by atoms with Gasteiger partial charge in [0.05, 0.1) is 22.0 Å². The predicted molar refractivity (Wildman–Crippen MR) is 142 cm³/mol. The lowest BCUT2D eigenvalue weighted by Gasteiger charge is -2.17. The first-order valence-electron chi connectivity index (χ1n) is 12.0. The SMILES string of the molecule is CC(CNC(=O)CSC1CC(=O)N(C)C1=O)NC(=O)CSC1CC(=O)N(NC(=O)OCc2ccccc2)C1=O. The lowest BCUT2D eigenvalue weighted by molar-refractivity contribution is -0.141. The molecule has 0 radical (unpaired) electrons. The minimum Gasteiger partial charge on any atom is -0.443 e. The molecule has 0 aromatic heterocycles. The lowest BCUT2D eigenvalue weighted by atomic mass is 10.2. The summed E-state index contributed by atoms with van der Waals surface area (Å²) in [5.74, 6) is -2.72. The van der Waals surface area contributed by atoms with E-state index in [4.69, 9.17) is 4.74 Å². The van der Waals surface area contributed by atoms with Crippen molar-refractivity contribution >= 4 is 65.1 Å². The fraction of sp³-hybridized carbons (Fsp3) is 0.458. The van der Waals surface area contributed by atoms with E-state index in [2.05, 4.69) is 16.1 Å². The number of ether oxygens (including phenoxy) is 1. The number of nitrogens with zero attached hydrogens (tertiary/aromatic N) is 2. The van der Waals surface area contributed by atoms with E-state index in [9.17, 15) is 33.6 Å². The molecule has 13 nitrogen and oxygen atoms in total. The van der Waals surface area contributed by atoms with Crippen LogP contribution in [0, 0.1) is 0 Å². The highest BCUT2D eigenvalue weighted by Crippen LogP contribution is 2.25. The summed E-state index contributed by atoms with van der Waals surface area (Å²) in [6.45, 7) is 1.79. The molecule has 3 atom stereocenters. The van der Waals surface area contributed by atoms with E-state index in [1.54, 1.807) is 31.2 Å². The van der Waals surface area contributed by atoms with Crippen LogP contribution in [0.3, 0.4) is 0 Å². The summed E-state index contributed by atoms with van der Waals surface area (Å²) in [6.07, 6.45) is -1.06. The van der Waals surface area contributed by atoms with Gasteiger partial charge in [0, 0.05) is 32.5 Å². The fourth-order valence-corrected chi connectivity index (χ4v) is 5.55. The first-order valence-corrected chi connectivity index (χ1v) is 14.1. The molecule has 2 aliphatic heterocycles. The monoisotopic (exact) mass is 579 g/mol. The van der Waals surface area contributed by atoms with Crippen molar-refractivity contribution in [1.82, 2.24) is 26.0 Å². The van der Waals surface area contributed by atoms with Crippen LogP contribution in [0.2, 0.25) is 0 Å². The van der Waals surface area contributed by atoms with Gasteiger partial charge < -0.3 is 15.4 Å². The van der Waals surface area contributed by atoms with Crippen LogP contribution in [0.5, 0.6) is 0 Å². The Kier molecular flexibility index (Phi) is 10.7. The molecule has 0 saturated carbocycles. The van der Waals surface area contributed by atoms with E-state index >= 15 is 0 Å². The van der Waals surface area contributed by atoms with E-state index in [-0.39, 0.29) is 55.2 Å². The van der Waals surface area contributed by atoms with E-state index in [1.165, 1.54) is 7.05 Å². The molecule has 15 heteroatoms. The highest BCUT2D eigenvalue weighted by atomic mass is 32.2. The molecule has 7 amide bonds. The molecule has 0 bridgehead atoms. The van der Waals surface area contributed by atoms with Crippen LogP contribution in [-0.2, 0) is 40.1 Å². The van der Waals surface area contributed by atoms with Crippen LogP contribution in [0.25, 0.3) is 0 Å². The number of thioether (sulfide) groups is 2. The Labute approximate surface area is 233 Å². The number of nitrogens with one attached hydrogen (secondary N) is 3. The highest BCUT2D eigenvalue weighted by Gasteiger charge is 2.41. The Morgan fingerprint density at radius 1 is 0.949 bits per heavy atom. The Bertz CT molecular complexity index is 1130. The number of imide groups is 2. The maximum atomic E-state index is 12.5. The van der Waals surface area contributed by atoms with Crippen molar-refractivity contribution in [2.45, 2.75) is 42.9 Å². The number of hydrogen-bond donors (Lipinski definition) is 3. The maximum Gasteiger partial charge on any atom is 0.426 e. The summed E-state index contributed by atoms with van der Waals surface area (Å²) in [6, 6.07) is 8.47. The fourth-order valence-electron chi connectivity index (χ4n) is 3.59. The number of carbonyl (C=O) groups excluding carboxylic acids is 7. The average Bonchev–Trinajstić information content (AvgIpc) is 3.32. The van der Waals surface area contributed by atoms with E-state index in [0.29, 0.717) is 5.01 Å². The largest absolute Gasteiger partial charge is 0.443 e. The third-order valence-corrected chi connectivity index (χ3v) is 8.10. The summed E-state index contributed by atoms with van der Waals surface area (Å²) < 4.78 is 5.03. The highest BCUT2D eigenvalue weighted by molar-refractivity contribution is 8.01. The van der Waals surface area contributed by atoms with Gasteiger partial charge in [-0.1, -0.05) is 30.3 Å². The van der Waals surface area contributed by atoms with E-state index < -0.39 is 40.4 Å². The minimum atomic E-state index is -0.950. The van der Waals surface area contributed by atoms with Crippen LogP contribution in [-0.4, -0.2) is 93.1 Å². The molecule has 1 aromatic carbocycles. The second kappa shape index (κ2) is 14.0. The smallest absolute Gasteiger partial charge is 0.426 e. The van der Waals surface area contributed by atoms with Crippen molar-refractivity contribution in [3.63, 3.8) is 0 Å². The Morgan fingerprint density at radius 3 is 2.21 bits per heavy atom. The minimum absolute atomic E-state index is 0.00377. The van der Waals surface area contributed by atoms with Gasteiger partial charge in [0.2, 0.25) is 29.5 Å². The summed E-state index contributed by atoms with van der Waals surface area (Å²) in [7, 11) is 1.41. The molecule has 3 N–H and O–H groups in total. The van der Waals surface area contributed by atoms with Gasteiger partial charge >= 0.3 is 6.09 Å². The lowest BCUT2D eigenvalue weighted by Crippen LogP contribution is -2.46. The van der Waals surface area contributed by atoms with Gasteiger partial charge in [-0.3, -0.25) is 33.7 Å². The topological polar surface area (TPSA) is 171 Å². The van der Waals surface area contributed by atoms with Crippen molar-refractivity contribution in [3.05, 3.63) is 35.9 Å². The molecule has 39 heavy (non-hydrogen) atoms. The number of likely N-dealkylation sites (tertiary alicyclic amines) is 1. The van der Waals surface area contributed by atoms with Gasteiger partial charge in [0.15, 0.2) is 0 Å². The van der Waals surface area contributed by atoms with Crippen molar-refractivity contribution in [2.24, 2.45) is 0 Å². The molecule has 2 fully saturated rings. The maximum absolute atomic E-state index is 12.5. The average molecular weight is 580 g/mol. The Hall–Kier alpha value is -3.59. The van der Waals surface area contributed by atoms with Crippen LogP contribution in [0.1, 0.15) is 25.3 Å². The van der Waals surface area contributed by atoms with E-state index in [0.717, 1.165) is 34.0 Å². The number of carbonyl (C=O) groups is 7. The molecular weight excluding hydrogens is 550 g/mol. The molecule has 210 valence electrons. The number of benzene rings is 1. The van der Waals surface area contributed by atoms with Crippen LogP contribution < -0.4 is 16.1 Å². The third-order valence-electron chi connectivity index (χ3n) is 5.71. The van der Waals surface area contributed by atoms with Crippen molar-refractivity contribution < 1.29 is 38.3 Å². The number of hydrogen-bond acceptors (Lipinski definition) is 10. The summed E-state index contributed by atoms with van der Waals surface area (Å²) in [5.41, 5.74) is 2.88. The molecule has 3 rings (SSSR count). The number of rotatable bonds is 12. The zero-order valence-electron chi connectivity index (χ0n) is 21.3. The van der Waals surface area contributed by atoms with Crippen LogP contribution in [0.15, 0.2) is 30.3 Å². The Balaban J connectivity index is 1.31. The zero-order valence-corrected chi connectivity index (χ0v) is 23.0. The van der Waals surface area contributed by atoms with Gasteiger partial charge in [-0.25, -0.2) is 10.2 Å². The molecule has 2 heterocycles. The van der Waals surface area contributed by atoms with Crippen LogP contribution in [0.4, 0.5) is 4.79 Å². The first-order chi connectivity index (χ1) is 18.5. The predicted octanol–water partition coefficient (Wildman–Crippen LogP) is -0.200. The van der Waals surface area contributed by atoms with Crippen molar-refractivity contribution in [1.29, 1.82) is 0 Å². The molecule has 0 spiro atoms. The first kappa shape index (κ1) is 30.0. The van der Waals surface area contributed by atoms with Gasteiger partial charge in [-0.2, -0.15) is 5.01 Å². The molecule has 1 aromatic rings. The molecule has 2 saturated heterocycles. The quantitative estimate of drug-likeness (QED) is 0.282. The molecular formula is C24H29N5O8S2. The summed E-state index contributed by atoms with van der Waals surface area (Å²) in [5, 5.41) is 4.54. The van der Waals surface area contributed by atoms with Crippen molar-refractivity contribution in [3.8, 4) is 0 Å². The van der Waals surface area contributed by atoms with Gasteiger partial charge in [-0.05, 0) is 12.5 Å². The standard InChI is InChI=1S/C24H29N5O8S2/c1-14(10-25-18(30)12-38-16-8-20(32)28(2)22(16)34)26-19(31)13-39-17-9-21(33)29(23(17)35)27-24(36)37-11-15-6-4-3-5-7-15/h3-7,14,16-17H,8-13H2,1-2H3,(H,25,30)(H,26,31)(H,27,36). The van der Waals surface area contributed by atoms with Crippen LogP contribution >= 0.6 is 23.5 Å². The molecule has 2 aliphatic rings. The second-order valence-electron chi connectivity index (χ2n) is 8.81. The van der Waals surface area contributed by atoms with Crippen molar-refractivity contribution in [2.75, 3.05) is 25.1 Å². The van der Waals surface area contributed by atoms with E-state index in [1.807, 2.05) is 6.07 Å². The molecule has 0 aliphatic carbocycles. The normalized spacial score (nSPS) is 19.7. The van der Waals surface area contributed by atoms with Gasteiger partial charge in [-0.15, -0.1) is 23.5 Å². The second-order valence-corrected chi connectivity index (χ2v) is 11.2. The Morgan fingerprint density at radius 2 is 1.56 bits per heavy atom. The zero-order chi connectivity index (χ0) is 28.5. The summed E-state index contributed by atoms with van der Waals surface area (Å²) >= 11 is 2.05. The number of hydrazine groups is 1. The number of amides is 7. The summed E-state index contributed by atoms with van der Waals surface area (Å²) in [4.78, 5) is 85.6. The van der Waals surface area contributed by atoms with Gasteiger partial charge in [0.1, 0.15) is 6.61 Å².